The van der Waals surface area contributed by atoms with Gasteiger partial charge in [0.15, 0.2) is 0 Å². The zero-order chi connectivity index (χ0) is 15.4. The quantitative estimate of drug-likeness (QED) is 0.750. The molecule has 112 valence electrons. The van der Waals surface area contributed by atoms with Crippen LogP contribution in [0.3, 0.4) is 0 Å². The maximum Gasteiger partial charge on any atom is 0.219 e. The topological polar surface area (TPSA) is 62.8 Å². The molecule has 0 spiro atoms. The Kier molecular flexibility index (Phi) is 4.05. The van der Waals surface area contributed by atoms with Gasteiger partial charge in [0.1, 0.15) is 5.75 Å². The maximum atomic E-state index is 5.73. The fraction of sp³-hybridized carbons (Fsp3) is 0.176. The second kappa shape index (κ2) is 6.30. The SMILES string of the molecule is Cc1n[nH]c(C)c1CNc1cccc(Oc2ccccn2)c1. The first kappa shape index (κ1) is 14.1. The molecule has 3 rings (SSSR count). The van der Waals surface area contributed by atoms with Crippen LogP contribution in [0.15, 0.2) is 48.7 Å². The molecular weight excluding hydrogens is 276 g/mol. The first-order chi connectivity index (χ1) is 10.7. The van der Waals surface area contributed by atoms with E-state index in [1.54, 1.807) is 6.20 Å². The number of aryl methyl sites for hydroxylation is 2. The number of benzene rings is 1. The third-order valence-corrected chi connectivity index (χ3v) is 3.44. The van der Waals surface area contributed by atoms with E-state index in [-0.39, 0.29) is 0 Å². The molecule has 2 aromatic heterocycles. The predicted molar refractivity (Wildman–Crippen MR) is 86.1 cm³/mol. The summed E-state index contributed by atoms with van der Waals surface area (Å²) in [6.07, 6.45) is 1.71. The van der Waals surface area contributed by atoms with Crippen molar-refractivity contribution in [1.82, 2.24) is 15.2 Å². The Bertz CT molecular complexity index is 733. The summed E-state index contributed by atoms with van der Waals surface area (Å²) in [6, 6.07) is 13.4. The standard InChI is InChI=1S/C17H18N4O/c1-12-16(13(2)21-20-12)11-19-14-6-5-7-15(10-14)22-17-8-3-4-9-18-17/h3-10,19H,11H2,1-2H3,(H,20,21). The second-order valence-corrected chi connectivity index (χ2v) is 5.06. The minimum absolute atomic E-state index is 0.584. The average molecular weight is 294 g/mol. The number of aromatic amines is 1. The summed E-state index contributed by atoms with van der Waals surface area (Å²) in [6.45, 7) is 4.75. The molecule has 0 atom stereocenters. The van der Waals surface area contributed by atoms with Gasteiger partial charge in [-0.25, -0.2) is 4.98 Å². The number of nitrogens with zero attached hydrogens (tertiary/aromatic N) is 2. The molecule has 0 radical (unpaired) electrons. The Morgan fingerprint density at radius 3 is 2.77 bits per heavy atom. The predicted octanol–water partition coefficient (Wildman–Crippen LogP) is 3.83. The lowest BCUT2D eigenvalue weighted by Crippen LogP contribution is -2.01. The van der Waals surface area contributed by atoms with E-state index in [1.807, 2.05) is 56.3 Å². The molecule has 22 heavy (non-hydrogen) atoms. The summed E-state index contributed by atoms with van der Waals surface area (Å²) in [7, 11) is 0. The number of H-pyrrole nitrogens is 1. The maximum absolute atomic E-state index is 5.73. The van der Waals surface area contributed by atoms with E-state index < -0.39 is 0 Å². The van der Waals surface area contributed by atoms with Crippen LogP contribution in [0.1, 0.15) is 17.0 Å². The first-order valence-corrected chi connectivity index (χ1v) is 7.15. The van der Waals surface area contributed by atoms with Gasteiger partial charge in [-0.1, -0.05) is 12.1 Å². The highest BCUT2D eigenvalue weighted by atomic mass is 16.5. The van der Waals surface area contributed by atoms with Crippen molar-refractivity contribution in [1.29, 1.82) is 0 Å². The Balaban J connectivity index is 1.69. The lowest BCUT2D eigenvalue weighted by atomic mass is 10.2. The van der Waals surface area contributed by atoms with Gasteiger partial charge in [0.2, 0.25) is 5.88 Å². The fourth-order valence-electron chi connectivity index (χ4n) is 2.22. The zero-order valence-corrected chi connectivity index (χ0v) is 12.6. The highest BCUT2D eigenvalue weighted by Gasteiger charge is 2.06. The van der Waals surface area contributed by atoms with E-state index in [1.165, 1.54) is 5.56 Å². The Labute approximate surface area is 129 Å². The molecule has 0 saturated carbocycles. The van der Waals surface area contributed by atoms with E-state index in [0.717, 1.165) is 29.4 Å². The van der Waals surface area contributed by atoms with Crippen LogP contribution in [0.5, 0.6) is 11.6 Å². The zero-order valence-electron chi connectivity index (χ0n) is 12.6. The van der Waals surface area contributed by atoms with Gasteiger partial charge in [0, 0.05) is 41.8 Å². The molecule has 5 heteroatoms. The summed E-state index contributed by atoms with van der Waals surface area (Å²) in [4.78, 5) is 4.16. The molecule has 0 bridgehead atoms. The summed E-state index contributed by atoms with van der Waals surface area (Å²) < 4.78 is 5.73. The smallest absolute Gasteiger partial charge is 0.219 e. The molecule has 0 aliphatic rings. The van der Waals surface area contributed by atoms with Gasteiger partial charge in [-0.15, -0.1) is 0 Å². The van der Waals surface area contributed by atoms with Crippen molar-refractivity contribution in [3.05, 3.63) is 65.6 Å². The molecule has 0 fully saturated rings. The van der Waals surface area contributed by atoms with Gasteiger partial charge in [-0.05, 0) is 32.0 Å². The molecule has 1 aromatic carbocycles. The molecule has 0 saturated heterocycles. The highest BCUT2D eigenvalue weighted by molar-refractivity contribution is 5.49. The van der Waals surface area contributed by atoms with Crippen molar-refractivity contribution < 1.29 is 4.74 Å². The van der Waals surface area contributed by atoms with Crippen LogP contribution >= 0.6 is 0 Å². The monoisotopic (exact) mass is 294 g/mol. The van der Waals surface area contributed by atoms with Crippen molar-refractivity contribution >= 4 is 5.69 Å². The van der Waals surface area contributed by atoms with Gasteiger partial charge >= 0.3 is 0 Å². The molecule has 0 aliphatic heterocycles. The summed E-state index contributed by atoms with van der Waals surface area (Å²) in [5, 5.41) is 10.6. The Morgan fingerprint density at radius 2 is 2.05 bits per heavy atom. The molecule has 0 unspecified atom stereocenters. The van der Waals surface area contributed by atoms with Crippen molar-refractivity contribution in [2.45, 2.75) is 20.4 Å². The number of rotatable bonds is 5. The number of nitrogens with one attached hydrogen (secondary N) is 2. The number of aromatic nitrogens is 3. The highest BCUT2D eigenvalue weighted by Crippen LogP contribution is 2.23. The van der Waals surface area contributed by atoms with Gasteiger partial charge in [0.05, 0.1) is 5.69 Å². The molecule has 5 nitrogen and oxygen atoms in total. The number of hydrogen-bond acceptors (Lipinski definition) is 4. The normalized spacial score (nSPS) is 10.5. The largest absolute Gasteiger partial charge is 0.439 e. The summed E-state index contributed by atoms with van der Waals surface area (Å²) >= 11 is 0. The molecule has 0 amide bonds. The second-order valence-electron chi connectivity index (χ2n) is 5.06. The van der Waals surface area contributed by atoms with Gasteiger partial charge in [-0.3, -0.25) is 5.10 Å². The van der Waals surface area contributed by atoms with Gasteiger partial charge in [-0.2, -0.15) is 5.10 Å². The van der Waals surface area contributed by atoms with Crippen molar-refractivity contribution in [3.8, 4) is 11.6 Å². The minimum atomic E-state index is 0.584. The molecule has 3 aromatic rings. The van der Waals surface area contributed by atoms with E-state index in [4.69, 9.17) is 4.74 Å². The molecular formula is C17H18N4O. The molecule has 2 N–H and O–H groups in total. The fourth-order valence-corrected chi connectivity index (χ4v) is 2.22. The average Bonchev–Trinajstić information content (AvgIpc) is 2.85. The van der Waals surface area contributed by atoms with Crippen LogP contribution in [-0.2, 0) is 6.54 Å². The van der Waals surface area contributed by atoms with Gasteiger partial charge in [0.25, 0.3) is 0 Å². The van der Waals surface area contributed by atoms with Crippen LogP contribution in [0.2, 0.25) is 0 Å². The van der Waals surface area contributed by atoms with E-state index in [9.17, 15) is 0 Å². The van der Waals surface area contributed by atoms with Crippen LogP contribution in [-0.4, -0.2) is 15.2 Å². The lowest BCUT2D eigenvalue weighted by Gasteiger charge is -2.09. The van der Waals surface area contributed by atoms with Crippen LogP contribution in [0.25, 0.3) is 0 Å². The van der Waals surface area contributed by atoms with E-state index in [0.29, 0.717) is 5.88 Å². The first-order valence-electron chi connectivity index (χ1n) is 7.15. The van der Waals surface area contributed by atoms with E-state index >= 15 is 0 Å². The van der Waals surface area contributed by atoms with Crippen molar-refractivity contribution in [3.63, 3.8) is 0 Å². The van der Waals surface area contributed by atoms with Crippen molar-refractivity contribution in [2.75, 3.05) is 5.32 Å². The molecule has 0 aliphatic carbocycles. The number of ether oxygens (including phenoxy) is 1. The third kappa shape index (κ3) is 3.25. The third-order valence-electron chi connectivity index (χ3n) is 3.44. The lowest BCUT2D eigenvalue weighted by molar-refractivity contribution is 0.463. The number of anilines is 1. The van der Waals surface area contributed by atoms with Crippen LogP contribution in [0.4, 0.5) is 5.69 Å². The van der Waals surface area contributed by atoms with Crippen molar-refractivity contribution in [2.24, 2.45) is 0 Å². The number of pyridine rings is 1. The van der Waals surface area contributed by atoms with Gasteiger partial charge < -0.3 is 10.1 Å². The Morgan fingerprint density at radius 1 is 1.14 bits per heavy atom. The van der Waals surface area contributed by atoms with E-state index in [2.05, 4.69) is 20.5 Å². The summed E-state index contributed by atoms with van der Waals surface area (Å²) in [5.74, 6) is 1.34. The molecule has 2 heterocycles. The Hall–Kier alpha value is -2.82. The van der Waals surface area contributed by atoms with Crippen LogP contribution < -0.4 is 10.1 Å². The minimum Gasteiger partial charge on any atom is -0.439 e. The summed E-state index contributed by atoms with van der Waals surface area (Å²) in [5.41, 5.74) is 4.29. The van der Waals surface area contributed by atoms with Crippen LogP contribution in [0, 0.1) is 13.8 Å². The number of hydrogen-bond donors (Lipinski definition) is 2.